The van der Waals surface area contributed by atoms with Crippen molar-refractivity contribution in [3.05, 3.63) is 114 Å². The molecule has 0 unspecified atom stereocenters. The van der Waals surface area contributed by atoms with Gasteiger partial charge in [-0.3, -0.25) is 0 Å². The summed E-state index contributed by atoms with van der Waals surface area (Å²) in [5.74, 6) is -1.76. The molecule has 2 nitrogen and oxygen atoms in total. The average Bonchev–Trinajstić information content (AvgIpc) is 2.87. The van der Waals surface area contributed by atoms with Crippen LogP contribution in [0.4, 0.5) is 13.2 Å². The highest BCUT2D eigenvalue weighted by molar-refractivity contribution is 5.72. The van der Waals surface area contributed by atoms with Gasteiger partial charge in [-0.1, -0.05) is 72.8 Å². The first kappa shape index (κ1) is 24.1. The van der Waals surface area contributed by atoms with Gasteiger partial charge in [0.15, 0.2) is 23.2 Å². The lowest BCUT2D eigenvalue weighted by Gasteiger charge is -2.11. The van der Waals surface area contributed by atoms with Crippen molar-refractivity contribution in [2.75, 3.05) is 6.61 Å². The third-order valence-corrected chi connectivity index (χ3v) is 5.54. The molecule has 4 rings (SSSR count). The Bertz CT molecular complexity index is 1330. The molecule has 0 heterocycles. The van der Waals surface area contributed by atoms with Crippen LogP contribution in [0.2, 0.25) is 0 Å². The average molecular weight is 475 g/mol. The van der Waals surface area contributed by atoms with Gasteiger partial charge < -0.3 is 9.47 Å². The molecule has 0 fully saturated rings. The quantitative estimate of drug-likeness (QED) is 0.255. The number of allylic oxidation sites excluding steroid dienone is 1. The second-order valence-electron chi connectivity index (χ2n) is 7.92. The summed E-state index contributed by atoms with van der Waals surface area (Å²) in [4.78, 5) is 0. The highest BCUT2D eigenvalue weighted by Gasteiger charge is 2.16. The molecule has 0 N–H and O–H groups in total. The Morgan fingerprint density at radius 2 is 1.31 bits per heavy atom. The first-order valence-electron chi connectivity index (χ1n) is 11.4. The maximum atomic E-state index is 15.0. The lowest BCUT2D eigenvalue weighted by Crippen LogP contribution is -1.99. The molecule has 0 amide bonds. The molecule has 0 aromatic heterocycles. The van der Waals surface area contributed by atoms with Gasteiger partial charge in [-0.25, -0.2) is 13.2 Å². The number of ether oxygens (including phenoxy) is 2. The van der Waals surface area contributed by atoms with Crippen molar-refractivity contribution in [2.45, 2.75) is 20.5 Å². The SMILES string of the molecule is CC=Cc1ccc(-c2ccc(-c3ccc(COc4ccc(OCC)cc4F)cc3)c(F)c2F)cc1. The predicted molar refractivity (Wildman–Crippen MR) is 134 cm³/mol. The minimum atomic E-state index is -0.902. The fourth-order valence-corrected chi connectivity index (χ4v) is 3.76. The van der Waals surface area contributed by atoms with Gasteiger partial charge in [0.05, 0.1) is 6.61 Å². The molecule has 5 heteroatoms. The highest BCUT2D eigenvalue weighted by atomic mass is 19.2. The minimum absolute atomic E-state index is 0.111. The van der Waals surface area contributed by atoms with Crippen molar-refractivity contribution in [3.8, 4) is 33.8 Å². The van der Waals surface area contributed by atoms with Gasteiger partial charge in [0.2, 0.25) is 0 Å². The molecule has 0 radical (unpaired) electrons. The zero-order valence-electron chi connectivity index (χ0n) is 19.5. The molecule has 0 aliphatic heterocycles. The Balaban J connectivity index is 1.48. The summed E-state index contributed by atoms with van der Waals surface area (Å²) in [5, 5.41) is 0. The van der Waals surface area contributed by atoms with E-state index in [1.54, 1.807) is 54.6 Å². The number of rotatable bonds is 8. The summed E-state index contributed by atoms with van der Waals surface area (Å²) in [7, 11) is 0. The largest absolute Gasteiger partial charge is 0.494 e. The topological polar surface area (TPSA) is 18.5 Å². The Kier molecular flexibility index (Phi) is 7.56. The van der Waals surface area contributed by atoms with Crippen LogP contribution in [0.25, 0.3) is 28.3 Å². The molecule has 0 spiro atoms. The summed E-state index contributed by atoms with van der Waals surface area (Å²) in [5.41, 5.74) is 3.27. The minimum Gasteiger partial charge on any atom is -0.494 e. The molecular weight excluding hydrogens is 449 g/mol. The van der Waals surface area contributed by atoms with Crippen molar-refractivity contribution in [2.24, 2.45) is 0 Å². The van der Waals surface area contributed by atoms with E-state index in [0.717, 1.165) is 11.1 Å². The van der Waals surface area contributed by atoms with Crippen LogP contribution in [0, 0.1) is 17.5 Å². The second kappa shape index (κ2) is 11.0. The fraction of sp³-hybridized carbons (Fsp3) is 0.133. The number of hydrogen-bond acceptors (Lipinski definition) is 2. The smallest absolute Gasteiger partial charge is 0.168 e. The molecule has 4 aromatic carbocycles. The Morgan fingerprint density at radius 1 is 0.714 bits per heavy atom. The van der Waals surface area contributed by atoms with Gasteiger partial charge in [-0.05, 0) is 48.2 Å². The number of halogens is 3. The summed E-state index contributed by atoms with van der Waals surface area (Å²) < 4.78 is 54.9. The molecule has 0 bridgehead atoms. The second-order valence-corrected chi connectivity index (χ2v) is 7.92. The van der Waals surface area contributed by atoms with Crippen LogP contribution in [0.1, 0.15) is 25.0 Å². The Labute approximate surface area is 203 Å². The van der Waals surface area contributed by atoms with E-state index in [0.29, 0.717) is 23.5 Å². The van der Waals surface area contributed by atoms with E-state index in [2.05, 4.69) is 0 Å². The maximum Gasteiger partial charge on any atom is 0.168 e. The van der Waals surface area contributed by atoms with Crippen LogP contribution >= 0.6 is 0 Å². The van der Waals surface area contributed by atoms with Crippen molar-refractivity contribution in [3.63, 3.8) is 0 Å². The van der Waals surface area contributed by atoms with Gasteiger partial charge in [-0.2, -0.15) is 0 Å². The van der Waals surface area contributed by atoms with E-state index in [-0.39, 0.29) is 23.5 Å². The van der Waals surface area contributed by atoms with Crippen molar-refractivity contribution in [1.82, 2.24) is 0 Å². The number of benzene rings is 4. The van der Waals surface area contributed by atoms with E-state index >= 15 is 0 Å². The van der Waals surface area contributed by atoms with Crippen LogP contribution in [0.15, 0.2) is 84.9 Å². The standard InChI is InChI=1S/C30H25F3O2/c1-3-5-20-6-10-22(11-7-20)25-15-16-26(30(33)29(25)32)23-12-8-21(9-13-23)19-35-28-17-14-24(34-4-2)18-27(28)31/h3,5-18H,4,19H2,1-2H3. The van der Waals surface area contributed by atoms with Crippen LogP contribution < -0.4 is 9.47 Å². The third-order valence-electron chi connectivity index (χ3n) is 5.54. The zero-order valence-corrected chi connectivity index (χ0v) is 19.5. The van der Waals surface area contributed by atoms with Crippen molar-refractivity contribution in [1.29, 1.82) is 0 Å². The fourth-order valence-electron chi connectivity index (χ4n) is 3.76. The van der Waals surface area contributed by atoms with Crippen LogP contribution in [0.5, 0.6) is 11.5 Å². The molecule has 178 valence electrons. The van der Waals surface area contributed by atoms with Crippen LogP contribution in [0.3, 0.4) is 0 Å². The normalized spacial score (nSPS) is 11.1. The van der Waals surface area contributed by atoms with Gasteiger partial charge >= 0.3 is 0 Å². The molecule has 35 heavy (non-hydrogen) atoms. The summed E-state index contributed by atoms with van der Waals surface area (Å²) in [6, 6.07) is 21.7. The highest BCUT2D eigenvalue weighted by Crippen LogP contribution is 2.32. The lowest BCUT2D eigenvalue weighted by atomic mass is 9.97. The molecule has 0 aliphatic rings. The molecule has 4 aromatic rings. The van der Waals surface area contributed by atoms with Crippen LogP contribution in [-0.4, -0.2) is 6.61 Å². The lowest BCUT2D eigenvalue weighted by molar-refractivity contribution is 0.287. The zero-order chi connectivity index (χ0) is 24.8. The summed E-state index contributed by atoms with van der Waals surface area (Å²) in [6.07, 6.45) is 3.85. The van der Waals surface area contributed by atoms with Gasteiger partial charge in [0.25, 0.3) is 0 Å². The van der Waals surface area contributed by atoms with Gasteiger partial charge in [0, 0.05) is 17.2 Å². The van der Waals surface area contributed by atoms with E-state index in [4.69, 9.17) is 9.47 Å². The molecule has 0 atom stereocenters. The van der Waals surface area contributed by atoms with Gasteiger partial charge in [-0.15, -0.1) is 0 Å². The number of hydrogen-bond donors (Lipinski definition) is 0. The molecule has 0 saturated heterocycles. The monoisotopic (exact) mass is 474 g/mol. The van der Waals surface area contributed by atoms with E-state index in [1.807, 2.05) is 38.1 Å². The van der Waals surface area contributed by atoms with Crippen molar-refractivity contribution < 1.29 is 22.6 Å². The summed E-state index contributed by atoms with van der Waals surface area (Å²) >= 11 is 0. The Morgan fingerprint density at radius 3 is 1.86 bits per heavy atom. The first-order valence-corrected chi connectivity index (χ1v) is 11.4. The van der Waals surface area contributed by atoms with E-state index < -0.39 is 17.5 Å². The van der Waals surface area contributed by atoms with Crippen LogP contribution in [-0.2, 0) is 6.61 Å². The predicted octanol–water partition coefficient (Wildman–Crippen LogP) is 8.45. The summed E-state index contributed by atoms with van der Waals surface area (Å²) in [6.45, 7) is 4.32. The van der Waals surface area contributed by atoms with Crippen molar-refractivity contribution >= 4 is 6.08 Å². The molecule has 0 saturated carbocycles. The first-order chi connectivity index (χ1) is 17.0. The maximum absolute atomic E-state index is 15.0. The third kappa shape index (κ3) is 5.57. The van der Waals surface area contributed by atoms with Gasteiger partial charge in [0.1, 0.15) is 12.4 Å². The molecular formula is C30H25F3O2. The Hall–Kier alpha value is -3.99. The van der Waals surface area contributed by atoms with E-state index in [1.165, 1.54) is 12.1 Å². The molecule has 0 aliphatic carbocycles. The van der Waals surface area contributed by atoms with E-state index in [9.17, 15) is 13.2 Å².